The average molecular weight is 278 g/mol. The minimum Gasteiger partial charge on any atom is -0.489 e. The monoisotopic (exact) mass is 278 g/mol. The van der Waals surface area contributed by atoms with E-state index in [4.69, 9.17) is 9.47 Å². The number of hydrogen-bond acceptors (Lipinski definition) is 4. The zero-order valence-electron chi connectivity index (χ0n) is 12.7. The number of aromatic nitrogens is 1. The quantitative estimate of drug-likeness (QED) is 0.668. The van der Waals surface area contributed by atoms with Gasteiger partial charge in [0.25, 0.3) is 0 Å². The molecule has 0 radical (unpaired) electrons. The third kappa shape index (κ3) is 5.47. The van der Waals surface area contributed by atoms with Crippen LogP contribution in [0.1, 0.15) is 44.0 Å². The fourth-order valence-corrected chi connectivity index (χ4v) is 1.94. The van der Waals surface area contributed by atoms with E-state index in [9.17, 15) is 0 Å². The molecule has 0 aromatic carbocycles. The molecule has 0 bridgehead atoms. The van der Waals surface area contributed by atoms with E-state index in [2.05, 4.69) is 17.2 Å². The van der Waals surface area contributed by atoms with Crippen LogP contribution in [0.15, 0.2) is 12.1 Å². The van der Waals surface area contributed by atoms with Crippen LogP contribution in [-0.2, 0) is 11.3 Å². The Bertz CT molecular complexity index is 405. The van der Waals surface area contributed by atoms with Crippen LogP contribution in [0.2, 0.25) is 0 Å². The third-order valence-electron chi connectivity index (χ3n) is 3.33. The van der Waals surface area contributed by atoms with E-state index >= 15 is 0 Å². The minimum atomic E-state index is 0.588. The van der Waals surface area contributed by atoms with Crippen molar-refractivity contribution in [2.24, 2.45) is 0 Å². The highest BCUT2D eigenvalue weighted by molar-refractivity contribution is 5.29. The summed E-state index contributed by atoms with van der Waals surface area (Å²) in [6.45, 7) is 7.02. The fraction of sp³-hybridized carbons (Fsp3) is 0.688. The topological polar surface area (TPSA) is 43.4 Å². The molecule has 1 saturated carbocycles. The van der Waals surface area contributed by atoms with E-state index in [1.54, 1.807) is 0 Å². The lowest BCUT2D eigenvalue weighted by molar-refractivity contribution is 0.0975. The van der Waals surface area contributed by atoms with Gasteiger partial charge in [-0.1, -0.05) is 13.3 Å². The first kappa shape index (κ1) is 15.3. The molecule has 20 heavy (non-hydrogen) atoms. The van der Waals surface area contributed by atoms with Crippen LogP contribution in [0.25, 0.3) is 0 Å². The van der Waals surface area contributed by atoms with Crippen LogP contribution >= 0.6 is 0 Å². The Morgan fingerprint density at radius 3 is 2.85 bits per heavy atom. The summed E-state index contributed by atoms with van der Waals surface area (Å²) in [7, 11) is 0. The van der Waals surface area contributed by atoms with Gasteiger partial charge in [-0.15, -0.1) is 0 Å². The molecule has 1 heterocycles. The average Bonchev–Trinajstić information content (AvgIpc) is 3.26. The summed E-state index contributed by atoms with van der Waals surface area (Å²) < 4.78 is 11.3. The molecule has 4 heteroatoms. The highest BCUT2D eigenvalue weighted by Gasteiger charge is 2.21. The molecular formula is C16H26N2O2. The van der Waals surface area contributed by atoms with Gasteiger partial charge in [-0.2, -0.15) is 0 Å². The van der Waals surface area contributed by atoms with Crippen LogP contribution in [-0.4, -0.2) is 30.8 Å². The van der Waals surface area contributed by atoms with Gasteiger partial charge < -0.3 is 14.8 Å². The third-order valence-corrected chi connectivity index (χ3v) is 3.33. The van der Waals surface area contributed by atoms with Crippen LogP contribution in [0, 0.1) is 6.92 Å². The second kappa shape index (κ2) is 8.22. The maximum atomic E-state index is 5.80. The van der Waals surface area contributed by atoms with Crippen LogP contribution in [0.5, 0.6) is 5.75 Å². The smallest absolute Gasteiger partial charge is 0.142 e. The molecule has 0 amide bonds. The zero-order chi connectivity index (χ0) is 14.2. The Hall–Kier alpha value is -1.13. The Balaban J connectivity index is 1.76. The summed E-state index contributed by atoms with van der Waals surface area (Å²) in [6.07, 6.45) is 4.85. The van der Waals surface area contributed by atoms with Gasteiger partial charge in [-0.25, -0.2) is 0 Å². The Labute approximate surface area is 121 Å². The first-order valence-electron chi connectivity index (χ1n) is 7.70. The van der Waals surface area contributed by atoms with Crippen molar-refractivity contribution in [1.29, 1.82) is 0 Å². The molecule has 4 nitrogen and oxygen atoms in total. The predicted octanol–water partition coefficient (Wildman–Crippen LogP) is 2.84. The van der Waals surface area contributed by atoms with Crippen molar-refractivity contribution in [1.82, 2.24) is 10.3 Å². The summed E-state index contributed by atoms with van der Waals surface area (Å²) in [6, 6.07) is 4.69. The Morgan fingerprint density at radius 2 is 2.10 bits per heavy atom. The van der Waals surface area contributed by atoms with Crippen LogP contribution in [0.3, 0.4) is 0 Å². The van der Waals surface area contributed by atoms with Gasteiger partial charge in [0.2, 0.25) is 0 Å². The summed E-state index contributed by atoms with van der Waals surface area (Å²) >= 11 is 0. The van der Waals surface area contributed by atoms with Crippen molar-refractivity contribution >= 4 is 0 Å². The molecule has 0 spiro atoms. The lowest BCUT2D eigenvalue weighted by Gasteiger charge is -2.12. The Kier molecular flexibility index (Phi) is 6.27. The zero-order valence-corrected chi connectivity index (χ0v) is 12.7. The predicted molar refractivity (Wildman–Crippen MR) is 80.1 cm³/mol. The van der Waals surface area contributed by atoms with Crippen molar-refractivity contribution in [3.8, 4) is 5.75 Å². The largest absolute Gasteiger partial charge is 0.489 e. The molecule has 1 aliphatic rings. The van der Waals surface area contributed by atoms with Gasteiger partial charge in [0.05, 0.1) is 12.3 Å². The lowest BCUT2D eigenvalue weighted by atomic mass is 10.3. The van der Waals surface area contributed by atoms with Gasteiger partial charge in [-0.3, -0.25) is 4.98 Å². The summed E-state index contributed by atoms with van der Waals surface area (Å²) in [5.41, 5.74) is 2.04. The number of ether oxygens (including phenoxy) is 2. The molecular weight excluding hydrogens is 252 g/mol. The molecule has 1 aromatic rings. The van der Waals surface area contributed by atoms with Crippen molar-refractivity contribution in [2.75, 3.05) is 19.8 Å². The summed E-state index contributed by atoms with van der Waals surface area (Å²) in [5, 5.41) is 3.49. The van der Waals surface area contributed by atoms with Gasteiger partial charge in [-0.05, 0) is 38.3 Å². The standard InChI is InChI=1S/C16H26N2O2/c1-3-4-9-19-10-11-20-16-8-5-13(2)18-15(16)12-17-14-6-7-14/h5,8,14,17H,3-4,6-7,9-12H2,1-2H3. The summed E-state index contributed by atoms with van der Waals surface area (Å²) in [5.74, 6) is 0.878. The number of nitrogens with zero attached hydrogens (tertiary/aromatic N) is 1. The van der Waals surface area contributed by atoms with Crippen LogP contribution < -0.4 is 10.1 Å². The maximum Gasteiger partial charge on any atom is 0.142 e. The minimum absolute atomic E-state index is 0.588. The fourth-order valence-electron chi connectivity index (χ4n) is 1.94. The second-order valence-corrected chi connectivity index (χ2v) is 5.37. The van der Waals surface area contributed by atoms with Gasteiger partial charge in [0, 0.05) is 24.9 Å². The molecule has 2 rings (SSSR count). The molecule has 0 aliphatic heterocycles. The van der Waals surface area contributed by atoms with E-state index in [0.29, 0.717) is 19.3 Å². The van der Waals surface area contributed by atoms with Gasteiger partial charge in [0.15, 0.2) is 0 Å². The molecule has 112 valence electrons. The number of hydrogen-bond donors (Lipinski definition) is 1. The SMILES string of the molecule is CCCCOCCOc1ccc(C)nc1CNC1CC1. The molecule has 0 atom stereocenters. The first-order chi connectivity index (χ1) is 9.79. The number of pyridine rings is 1. The molecule has 0 saturated heterocycles. The normalized spacial score (nSPS) is 14.5. The molecule has 1 aliphatic carbocycles. The van der Waals surface area contributed by atoms with E-state index in [1.807, 2.05) is 19.1 Å². The molecule has 1 N–H and O–H groups in total. The van der Waals surface area contributed by atoms with Gasteiger partial charge in [0.1, 0.15) is 12.4 Å². The van der Waals surface area contributed by atoms with Crippen molar-refractivity contribution in [3.05, 3.63) is 23.5 Å². The number of aryl methyl sites for hydroxylation is 1. The van der Waals surface area contributed by atoms with E-state index in [-0.39, 0.29) is 0 Å². The molecule has 1 fully saturated rings. The van der Waals surface area contributed by atoms with Crippen LogP contribution in [0.4, 0.5) is 0 Å². The number of unbranched alkanes of at least 4 members (excludes halogenated alkanes) is 1. The highest BCUT2D eigenvalue weighted by atomic mass is 16.5. The second-order valence-electron chi connectivity index (χ2n) is 5.37. The highest BCUT2D eigenvalue weighted by Crippen LogP contribution is 2.22. The van der Waals surface area contributed by atoms with Crippen molar-refractivity contribution in [3.63, 3.8) is 0 Å². The maximum absolute atomic E-state index is 5.80. The van der Waals surface area contributed by atoms with Crippen molar-refractivity contribution in [2.45, 2.75) is 52.1 Å². The van der Waals surface area contributed by atoms with Gasteiger partial charge >= 0.3 is 0 Å². The van der Waals surface area contributed by atoms with E-state index < -0.39 is 0 Å². The van der Waals surface area contributed by atoms with E-state index in [1.165, 1.54) is 19.3 Å². The molecule has 1 aromatic heterocycles. The Morgan fingerprint density at radius 1 is 1.25 bits per heavy atom. The van der Waals surface area contributed by atoms with Crippen molar-refractivity contribution < 1.29 is 9.47 Å². The molecule has 0 unspecified atom stereocenters. The number of rotatable bonds is 10. The van der Waals surface area contributed by atoms with E-state index in [0.717, 1.165) is 36.7 Å². The first-order valence-corrected chi connectivity index (χ1v) is 7.70. The lowest BCUT2D eigenvalue weighted by Crippen LogP contribution is -2.18. The summed E-state index contributed by atoms with van der Waals surface area (Å²) in [4.78, 5) is 4.57. The number of nitrogens with one attached hydrogen (secondary N) is 1.